The lowest BCUT2D eigenvalue weighted by Gasteiger charge is -2.21. The minimum atomic E-state index is -4.95. The SMILES string of the molecule is CC/C=C\C/C=C\C/C=C\C/C=C\C/C=C\CCCCCCCC(=O)OCC(O)COP(=O)(O)OCC(O)COP(=O)(O)OCC(COC(=O)CCCCCCC/C=C\C/C=C\C/C=C\C/C=C\CCCCC)OC(=O)CCCCCCCC/C=C\C/C=C\C/C=C\C/C=C\CC. The molecule has 0 amide bonds. The summed E-state index contributed by atoms with van der Waals surface area (Å²) in [5, 5.41) is 20.6. The van der Waals surface area contributed by atoms with E-state index in [4.69, 9.17) is 32.3 Å². The number of unbranched alkanes of at least 4 members (excludes halogenated alkanes) is 19. The molecule has 0 saturated heterocycles. The molecule has 0 aromatic rings. The summed E-state index contributed by atoms with van der Waals surface area (Å²) in [7, 11) is -9.81. The molecule has 16 nitrogen and oxygen atoms in total. The molecular formula is C79H130O16P2. The van der Waals surface area contributed by atoms with E-state index in [0.29, 0.717) is 19.3 Å². The van der Waals surface area contributed by atoms with E-state index >= 15 is 0 Å². The molecule has 0 aromatic carbocycles. The van der Waals surface area contributed by atoms with Gasteiger partial charge in [-0.15, -0.1) is 0 Å². The Morgan fingerprint density at radius 1 is 0.299 bits per heavy atom. The molecule has 18 heteroatoms. The Bertz CT molecular complexity index is 2400. The lowest BCUT2D eigenvalue weighted by Crippen LogP contribution is -2.30. The third-order valence-corrected chi connectivity index (χ3v) is 16.6. The highest BCUT2D eigenvalue weighted by molar-refractivity contribution is 7.47. The number of esters is 3. The van der Waals surface area contributed by atoms with E-state index in [-0.39, 0.29) is 19.3 Å². The van der Waals surface area contributed by atoms with Crippen LogP contribution in [0.5, 0.6) is 0 Å². The van der Waals surface area contributed by atoms with Crippen molar-refractivity contribution in [2.45, 2.75) is 283 Å². The van der Waals surface area contributed by atoms with Crippen molar-refractivity contribution in [3.05, 3.63) is 158 Å². The number of ether oxygens (including phenoxy) is 3. The number of aliphatic hydroxyl groups is 2. The first-order chi connectivity index (χ1) is 47.2. The van der Waals surface area contributed by atoms with E-state index in [1.165, 1.54) is 25.7 Å². The van der Waals surface area contributed by atoms with E-state index in [9.17, 15) is 43.5 Å². The molecular weight excluding hydrogens is 1270 g/mol. The number of phosphoric acid groups is 2. The molecule has 5 atom stereocenters. The molecule has 552 valence electrons. The normalized spacial score (nSPS) is 15.0. The summed E-state index contributed by atoms with van der Waals surface area (Å²) in [4.78, 5) is 58.6. The second kappa shape index (κ2) is 71.0. The van der Waals surface area contributed by atoms with Crippen LogP contribution in [0.3, 0.4) is 0 Å². The molecule has 0 heterocycles. The maximum absolute atomic E-state index is 13.0. The van der Waals surface area contributed by atoms with Crippen molar-refractivity contribution < 1.29 is 75.8 Å². The average Bonchev–Trinajstić information content (AvgIpc) is 1.90. The number of rotatable bonds is 68. The summed E-state index contributed by atoms with van der Waals surface area (Å²) < 4.78 is 61.0. The Hall–Kier alpha value is -4.83. The maximum atomic E-state index is 13.0. The number of hydrogen-bond acceptors (Lipinski definition) is 14. The number of carbonyl (C=O) groups excluding carboxylic acids is 3. The van der Waals surface area contributed by atoms with Crippen molar-refractivity contribution in [2.75, 3.05) is 39.6 Å². The Kier molecular flexibility index (Phi) is 67.5. The number of carbonyl (C=O) groups is 3. The van der Waals surface area contributed by atoms with Gasteiger partial charge < -0.3 is 34.2 Å². The standard InChI is InChI=1S/C79H130O16P2/c1-4-7-10-13-16-19-22-25-28-31-34-36-39-41-44-47-50-53-56-59-62-65-77(82)89-68-74(80)69-91-96(85,86)92-70-75(81)71-93-97(87,88)94-73-76(95-79(84)67-64-61-58-55-52-49-46-43-38-33-30-27-24-21-18-15-12-9-6-3)72-90-78(83)66-63-60-57-54-51-48-45-42-40-37-35-32-29-26-23-20-17-14-11-8-5-2/h7,9-10,12,16-21,25-30,34-38,41-45,74-76,80-81H,4-6,8,11,13-15,22-24,31-33,39-40,46-73H2,1-3H3,(H,85,86)(H,87,88)/b10-7-,12-9-,19-16-,20-17-,21-18-,28-25-,29-26-,30-27-,36-34-,37-35-,43-38-,44-41-,45-42-. The second-order valence-electron chi connectivity index (χ2n) is 24.0. The lowest BCUT2D eigenvalue weighted by atomic mass is 10.1. The van der Waals surface area contributed by atoms with Crippen LogP contribution in [0.4, 0.5) is 0 Å². The van der Waals surface area contributed by atoms with Gasteiger partial charge in [0.1, 0.15) is 25.4 Å². The summed E-state index contributed by atoms with van der Waals surface area (Å²) >= 11 is 0. The van der Waals surface area contributed by atoms with Crippen LogP contribution in [0.1, 0.15) is 265 Å². The zero-order valence-electron chi connectivity index (χ0n) is 59.9. The highest BCUT2D eigenvalue weighted by atomic mass is 31.2. The summed E-state index contributed by atoms with van der Waals surface area (Å²) in [5.41, 5.74) is 0. The zero-order chi connectivity index (χ0) is 70.9. The molecule has 97 heavy (non-hydrogen) atoms. The molecule has 0 rings (SSSR count). The maximum Gasteiger partial charge on any atom is 0.472 e. The van der Waals surface area contributed by atoms with Crippen molar-refractivity contribution in [2.24, 2.45) is 0 Å². The average molecular weight is 1400 g/mol. The Morgan fingerprint density at radius 3 is 0.866 bits per heavy atom. The topological polar surface area (TPSA) is 231 Å². The zero-order valence-corrected chi connectivity index (χ0v) is 61.7. The van der Waals surface area contributed by atoms with Gasteiger partial charge in [0.15, 0.2) is 6.10 Å². The predicted molar refractivity (Wildman–Crippen MR) is 399 cm³/mol. The van der Waals surface area contributed by atoms with Gasteiger partial charge in [0.2, 0.25) is 0 Å². The van der Waals surface area contributed by atoms with E-state index in [0.717, 1.165) is 180 Å². The summed E-state index contributed by atoms with van der Waals surface area (Å²) in [6, 6.07) is 0. The van der Waals surface area contributed by atoms with Gasteiger partial charge in [0.25, 0.3) is 0 Å². The first kappa shape index (κ1) is 92.2. The Morgan fingerprint density at radius 2 is 0.546 bits per heavy atom. The Balaban J connectivity index is 4.78. The summed E-state index contributed by atoms with van der Waals surface area (Å²) in [5.74, 6) is -1.64. The van der Waals surface area contributed by atoms with Crippen LogP contribution in [0.25, 0.3) is 0 Å². The minimum absolute atomic E-state index is 0.0775. The van der Waals surface area contributed by atoms with Crippen LogP contribution in [-0.4, -0.2) is 95.9 Å². The predicted octanol–water partition coefficient (Wildman–Crippen LogP) is 21.1. The van der Waals surface area contributed by atoms with Gasteiger partial charge in [0, 0.05) is 19.3 Å². The van der Waals surface area contributed by atoms with Crippen molar-refractivity contribution in [3.63, 3.8) is 0 Å². The van der Waals surface area contributed by atoms with E-state index < -0.39 is 91.5 Å². The van der Waals surface area contributed by atoms with Crippen LogP contribution in [0.15, 0.2) is 158 Å². The molecule has 0 aromatic heterocycles. The van der Waals surface area contributed by atoms with Crippen LogP contribution in [0, 0.1) is 0 Å². The van der Waals surface area contributed by atoms with Crippen LogP contribution in [0.2, 0.25) is 0 Å². The van der Waals surface area contributed by atoms with Gasteiger partial charge >= 0.3 is 33.6 Å². The lowest BCUT2D eigenvalue weighted by molar-refractivity contribution is -0.161. The smallest absolute Gasteiger partial charge is 0.463 e. The molecule has 0 saturated carbocycles. The van der Waals surface area contributed by atoms with E-state index in [1.54, 1.807) is 0 Å². The number of allylic oxidation sites excluding steroid dienone is 26. The third-order valence-electron chi connectivity index (χ3n) is 14.7. The van der Waals surface area contributed by atoms with Gasteiger partial charge in [0.05, 0.1) is 26.4 Å². The highest BCUT2D eigenvalue weighted by Crippen LogP contribution is 2.45. The quantitative estimate of drug-likeness (QED) is 0.0146. The molecule has 0 aliphatic heterocycles. The van der Waals surface area contributed by atoms with Gasteiger partial charge in [-0.3, -0.25) is 32.5 Å². The molecule has 0 aliphatic carbocycles. The summed E-state index contributed by atoms with van der Waals surface area (Å²) in [6.45, 7) is 2.34. The van der Waals surface area contributed by atoms with Gasteiger partial charge in [-0.2, -0.15) is 0 Å². The molecule has 5 unspecified atom stereocenters. The fraction of sp³-hybridized carbons (Fsp3) is 0.633. The van der Waals surface area contributed by atoms with Gasteiger partial charge in [-0.1, -0.05) is 256 Å². The van der Waals surface area contributed by atoms with E-state index in [2.05, 4.69) is 179 Å². The van der Waals surface area contributed by atoms with E-state index in [1.807, 2.05) is 0 Å². The molecule has 0 bridgehead atoms. The van der Waals surface area contributed by atoms with Crippen molar-refractivity contribution in [3.8, 4) is 0 Å². The molecule has 0 fully saturated rings. The van der Waals surface area contributed by atoms with Crippen molar-refractivity contribution >= 4 is 33.6 Å². The molecule has 4 N–H and O–H groups in total. The Labute approximate surface area is 587 Å². The summed E-state index contributed by atoms with van der Waals surface area (Å²) in [6.07, 6.45) is 87.0. The first-order valence-electron chi connectivity index (χ1n) is 36.8. The molecule has 0 radical (unpaired) electrons. The van der Waals surface area contributed by atoms with Crippen molar-refractivity contribution in [1.29, 1.82) is 0 Å². The van der Waals surface area contributed by atoms with Crippen LogP contribution in [-0.2, 0) is 55.8 Å². The van der Waals surface area contributed by atoms with Crippen molar-refractivity contribution in [1.82, 2.24) is 0 Å². The fourth-order valence-corrected chi connectivity index (χ4v) is 10.7. The number of hydrogen-bond donors (Lipinski definition) is 4. The fourth-order valence-electron chi connectivity index (χ4n) is 9.16. The van der Waals surface area contributed by atoms with Crippen LogP contribution >= 0.6 is 15.6 Å². The molecule has 0 spiro atoms. The highest BCUT2D eigenvalue weighted by Gasteiger charge is 2.29. The first-order valence-corrected chi connectivity index (χ1v) is 39.8. The number of phosphoric ester groups is 2. The van der Waals surface area contributed by atoms with Gasteiger partial charge in [-0.25, -0.2) is 9.13 Å². The number of aliphatic hydroxyl groups excluding tert-OH is 2. The largest absolute Gasteiger partial charge is 0.472 e. The monoisotopic (exact) mass is 1400 g/mol. The van der Waals surface area contributed by atoms with Crippen LogP contribution < -0.4 is 0 Å². The third kappa shape index (κ3) is 72.2. The van der Waals surface area contributed by atoms with Gasteiger partial charge in [-0.05, 0) is 148 Å². The minimum Gasteiger partial charge on any atom is -0.463 e. The second-order valence-corrected chi connectivity index (χ2v) is 26.9. The molecule has 0 aliphatic rings.